The van der Waals surface area contributed by atoms with Gasteiger partial charge in [-0.05, 0) is 36.1 Å². The summed E-state index contributed by atoms with van der Waals surface area (Å²) < 4.78 is 5.68. The predicted octanol–water partition coefficient (Wildman–Crippen LogP) is 3.80. The second-order valence-electron chi connectivity index (χ2n) is 5.27. The SMILES string of the molecule is CCC(C)c1ccccc1OCC(=O)Nc1ccccc1N. The number of nitrogens with one attached hydrogen (secondary N) is 1. The molecule has 3 N–H and O–H groups in total. The van der Waals surface area contributed by atoms with Crippen molar-refractivity contribution in [3.05, 3.63) is 54.1 Å². The number of nitrogen functional groups attached to an aromatic ring is 1. The molecule has 116 valence electrons. The van der Waals surface area contributed by atoms with Crippen LogP contribution in [0.4, 0.5) is 11.4 Å². The van der Waals surface area contributed by atoms with Gasteiger partial charge in [0.05, 0.1) is 11.4 Å². The van der Waals surface area contributed by atoms with Crippen molar-refractivity contribution < 1.29 is 9.53 Å². The minimum absolute atomic E-state index is 0.0399. The number of benzene rings is 2. The maximum absolute atomic E-state index is 12.0. The minimum Gasteiger partial charge on any atom is -0.483 e. The third-order valence-electron chi connectivity index (χ3n) is 3.66. The molecular formula is C18H22N2O2. The fourth-order valence-electron chi connectivity index (χ4n) is 2.18. The topological polar surface area (TPSA) is 64.3 Å². The van der Waals surface area contributed by atoms with Crippen molar-refractivity contribution in [2.45, 2.75) is 26.2 Å². The van der Waals surface area contributed by atoms with E-state index in [1.54, 1.807) is 12.1 Å². The fraction of sp³-hybridized carbons (Fsp3) is 0.278. The third-order valence-corrected chi connectivity index (χ3v) is 3.66. The van der Waals surface area contributed by atoms with E-state index in [1.807, 2.05) is 36.4 Å². The first-order valence-corrected chi connectivity index (χ1v) is 7.48. The summed E-state index contributed by atoms with van der Waals surface area (Å²) in [4.78, 5) is 12.0. The lowest BCUT2D eigenvalue weighted by Crippen LogP contribution is -2.21. The Morgan fingerprint density at radius 3 is 2.59 bits per heavy atom. The second-order valence-corrected chi connectivity index (χ2v) is 5.27. The Hall–Kier alpha value is -2.49. The Morgan fingerprint density at radius 1 is 1.18 bits per heavy atom. The van der Waals surface area contributed by atoms with E-state index in [0.29, 0.717) is 17.3 Å². The van der Waals surface area contributed by atoms with Crippen LogP contribution in [0.5, 0.6) is 5.75 Å². The van der Waals surface area contributed by atoms with Crippen LogP contribution in [0.15, 0.2) is 48.5 Å². The summed E-state index contributed by atoms with van der Waals surface area (Å²) in [5, 5.41) is 2.75. The maximum atomic E-state index is 12.0. The quantitative estimate of drug-likeness (QED) is 0.797. The van der Waals surface area contributed by atoms with E-state index in [1.165, 1.54) is 0 Å². The van der Waals surface area contributed by atoms with E-state index in [0.717, 1.165) is 17.7 Å². The Balaban J connectivity index is 1.99. The van der Waals surface area contributed by atoms with Gasteiger partial charge in [0, 0.05) is 0 Å². The van der Waals surface area contributed by atoms with Gasteiger partial charge in [-0.3, -0.25) is 4.79 Å². The highest BCUT2D eigenvalue weighted by Gasteiger charge is 2.11. The molecule has 0 aliphatic heterocycles. The Morgan fingerprint density at radius 2 is 1.86 bits per heavy atom. The molecule has 0 fully saturated rings. The minimum atomic E-state index is -0.225. The fourth-order valence-corrected chi connectivity index (χ4v) is 2.18. The van der Waals surface area contributed by atoms with E-state index in [9.17, 15) is 4.79 Å². The molecule has 0 aromatic heterocycles. The monoisotopic (exact) mass is 298 g/mol. The Kier molecular flexibility index (Phi) is 5.42. The van der Waals surface area contributed by atoms with Crippen LogP contribution < -0.4 is 15.8 Å². The summed E-state index contributed by atoms with van der Waals surface area (Å²) >= 11 is 0. The smallest absolute Gasteiger partial charge is 0.262 e. The van der Waals surface area contributed by atoms with Crippen LogP contribution >= 0.6 is 0 Å². The Bertz CT molecular complexity index is 640. The zero-order chi connectivity index (χ0) is 15.9. The molecule has 2 aromatic rings. The number of amides is 1. The van der Waals surface area contributed by atoms with Gasteiger partial charge in [0.15, 0.2) is 6.61 Å². The van der Waals surface area contributed by atoms with Crippen molar-refractivity contribution in [1.82, 2.24) is 0 Å². The molecule has 0 spiro atoms. The van der Waals surface area contributed by atoms with Gasteiger partial charge < -0.3 is 15.8 Å². The van der Waals surface area contributed by atoms with Crippen molar-refractivity contribution in [1.29, 1.82) is 0 Å². The lowest BCUT2D eigenvalue weighted by molar-refractivity contribution is -0.118. The lowest BCUT2D eigenvalue weighted by atomic mass is 9.98. The molecule has 1 unspecified atom stereocenters. The molecule has 1 amide bonds. The molecule has 0 aliphatic carbocycles. The van der Waals surface area contributed by atoms with Crippen LogP contribution in [-0.4, -0.2) is 12.5 Å². The van der Waals surface area contributed by atoms with Gasteiger partial charge in [-0.15, -0.1) is 0 Å². The average Bonchev–Trinajstić information content (AvgIpc) is 2.54. The summed E-state index contributed by atoms with van der Waals surface area (Å²) in [6, 6.07) is 15.0. The van der Waals surface area contributed by atoms with Crippen molar-refractivity contribution in [3.8, 4) is 5.75 Å². The number of rotatable bonds is 6. The molecule has 1 atom stereocenters. The average molecular weight is 298 g/mol. The first kappa shape index (κ1) is 15.9. The van der Waals surface area contributed by atoms with Gasteiger partial charge in [-0.2, -0.15) is 0 Å². The molecule has 0 radical (unpaired) electrons. The summed E-state index contributed by atoms with van der Waals surface area (Å²) in [5.74, 6) is 0.925. The van der Waals surface area contributed by atoms with Crippen LogP contribution in [0.25, 0.3) is 0 Å². The van der Waals surface area contributed by atoms with E-state index in [-0.39, 0.29) is 12.5 Å². The highest BCUT2D eigenvalue weighted by atomic mass is 16.5. The third kappa shape index (κ3) is 4.01. The molecular weight excluding hydrogens is 276 g/mol. The molecule has 4 heteroatoms. The van der Waals surface area contributed by atoms with Gasteiger partial charge >= 0.3 is 0 Å². The number of hydrogen-bond acceptors (Lipinski definition) is 3. The van der Waals surface area contributed by atoms with Crippen molar-refractivity contribution in [2.75, 3.05) is 17.7 Å². The molecule has 0 bridgehead atoms. The molecule has 4 nitrogen and oxygen atoms in total. The molecule has 2 rings (SSSR count). The number of carbonyl (C=O) groups excluding carboxylic acids is 1. The lowest BCUT2D eigenvalue weighted by Gasteiger charge is -2.15. The van der Waals surface area contributed by atoms with E-state index in [2.05, 4.69) is 19.2 Å². The van der Waals surface area contributed by atoms with Crippen LogP contribution in [0, 0.1) is 0 Å². The number of nitrogens with two attached hydrogens (primary N) is 1. The highest BCUT2D eigenvalue weighted by Crippen LogP contribution is 2.28. The van der Waals surface area contributed by atoms with Crippen molar-refractivity contribution in [3.63, 3.8) is 0 Å². The summed E-state index contributed by atoms with van der Waals surface area (Å²) in [6.07, 6.45) is 1.02. The van der Waals surface area contributed by atoms with Gasteiger partial charge in [-0.1, -0.05) is 44.2 Å². The first-order valence-electron chi connectivity index (χ1n) is 7.48. The molecule has 0 heterocycles. The zero-order valence-corrected chi connectivity index (χ0v) is 13.0. The largest absolute Gasteiger partial charge is 0.483 e. The van der Waals surface area contributed by atoms with Gasteiger partial charge in [-0.25, -0.2) is 0 Å². The van der Waals surface area contributed by atoms with E-state index >= 15 is 0 Å². The zero-order valence-electron chi connectivity index (χ0n) is 13.0. The first-order chi connectivity index (χ1) is 10.6. The summed E-state index contributed by atoms with van der Waals surface area (Å²) in [6.45, 7) is 4.24. The molecule has 0 saturated carbocycles. The normalized spacial score (nSPS) is 11.7. The van der Waals surface area contributed by atoms with Crippen LogP contribution in [0.1, 0.15) is 31.7 Å². The summed E-state index contributed by atoms with van der Waals surface area (Å²) in [5.41, 5.74) is 8.07. The summed E-state index contributed by atoms with van der Waals surface area (Å²) in [7, 11) is 0. The van der Waals surface area contributed by atoms with Crippen LogP contribution in [0.3, 0.4) is 0 Å². The number of anilines is 2. The number of hydrogen-bond donors (Lipinski definition) is 2. The van der Waals surface area contributed by atoms with Gasteiger partial charge in [0.25, 0.3) is 5.91 Å². The van der Waals surface area contributed by atoms with Gasteiger partial charge in [0.2, 0.25) is 0 Å². The van der Waals surface area contributed by atoms with Crippen molar-refractivity contribution >= 4 is 17.3 Å². The molecule has 0 aliphatic rings. The number of para-hydroxylation sites is 3. The molecule has 22 heavy (non-hydrogen) atoms. The van der Waals surface area contributed by atoms with E-state index < -0.39 is 0 Å². The van der Waals surface area contributed by atoms with Gasteiger partial charge in [0.1, 0.15) is 5.75 Å². The second kappa shape index (κ2) is 7.50. The van der Waals surface area contributed by atoms with Crippen LogP contribution in [0.2, 0.25) is 0 Å². The highest BCUT2D eigenvalue weighted by molar-refractivity contribution is 5.94. The van der Waals surface area contributed by atoms with E-state index in [4.69, 9.17) is 10.5 Å². The molecule has 2 aromatic carbocycles. The maximum Gasteiger partial charge on any atom is 0.262 e. The predicted molar refractivity (Wildman–Crippen MR) is 90.1 cm³/mol. The standard InChI is InChI=1S/C18H22N2O2/c1-3-13(2)14-8-4-7-11-17(14)22-12-18(21)20-16-10-6-5-9-15(16)19/h4-11,13H,3,12,19H2,1-2H3,(H,20,21). The van der Waals surface area contributed by atoms with Crippen LogP contribution in [-0.2, 0) is 4.79 Å². The number of carbonyl (C=O) groups is 1. The molecule has 0 saturated heterocycles. The van der Waals surface area contributed by atoms with Crippen molar-refractivity contribution in [2.24, 2.45) is 0 Å². The number of ether oxygens (including phenoxy) is 1. The Labute approximate surface area is 131 Å².